The third-order valence-electron chi connectivity index (χ3n) is 3.39. The van der Waals surface area contributed by atoms with Gasteiger partial charge in [-0.15, -0.1) is 0 Å². The summed E-state index contributed by atoms with van der Waals surface area (Å²) in [6, 6.07) is 13.7. The summed E-state index contributed by atoms with van der Waals surface area (Å²) in [6.07, 6.45) is -0.939. The van der Waals surface area contributed by atoms with Crippen molar-refractivity contribution in [3.05, 3.63) is 54.1 Å². The van der Waals surface area contributed by atoms with Gasteiger partial charge in [-0.2, -0.15) is 0 Å². The number of benzene rings is 2. The van der Waals surface area contributed by atoms with Gasteiger partial charge < -0.3 is 19.5 Å². The third-order valence-corrected chi connectivity index (χ3v) is 3.39. The summed E-state index contributed by atoms with van der Waals surface area (Å²) in [4.78, 5) is 24.4. The van der Waals surface area contributed by atoms with E-state index in [1.165, 1.54) is 20.1 Å². The van der Waals surface area contributed by atoms with Crippen LogP contribution in [0.1, 0.15) is 24.2 Å². The molecule has 2 aromatic carbocycles. The molecule has 132 valence electrons. The summed E-state index contributed by atoms with van der Waals surface area (Å²) in [5, 5.41) is 2.69. The molecule has 0 saturated heterocycles. The molecule has 0 radical (unpaired) electrons. The molecular formula is C19H21NO5. The highest BCUT2D eigenvalue weighted by atomic mass is 16.5. The first-order valence-corrected chi connectivity index (χ1v) is 7.93. The number of amides is 1. The Morgan fingerprint density at radius 1 is 1.08 bits per heavy atom. The van der Waals surface area contributed by atoms with Gasteiger partial charge in [-0.25, -0.2) is 4.79 Å². The van der Waals surface area contributed by atoms with Crippen molar-refractivity contribution < 1.29 is 23.8 Å². The number of nitrogens with one attached hydrogen (secondary N) is 1. The van der Waals surface area contributed by atoms with E-state index in [9.17, 15) is 9.59 Å². The number of anilines is 1. The van der Waals surface area contributed by atoms with Gasteiger partial charge in [-0.1, -0.05) is 18.2 Å². The van der Waals surface area contributed by atoms with Crippen LogP contribution in [0.2, 0.25) is 0 Å². The maximum absolute atomic E-state index is 12.3. The Balaban J connectivity index is 2.03. The molecule has 0 bridgehead atoms. The van der Waals surface area contributed by atoms with E-state index in [2.05, 4.69) is 5.32 Å². The SMILES string of the molecule is CCOc1cc(C(=O)O[C@H](C)C(=O)Nc2ccccc2)ccc1OC. The van der Waals surface area contributed by atoms with Crippen molar-refractivity contribution in [2.75, 3.05) is 19.0 Å². The number of rotatable bonds is 7. The summed E-state index contributed by atoms with van der Waals surface area (Å²) in [5.74, 6) is -0.0495. The first-order valence-electron chi connectivity index (χ1n) is 7.93. The van der Waals surface area contributed by atoms with E-state index in [1.807, 2.05) is 13.0 Å². The Kier molecular flexibility index (Phi) is 6.39. The van der Waals surface area contributed by atoms with Crippen LogP contribution in [0.3, 0.4) is 0 Å². The molecule has 0 heterocycles. The van der Waals surface area contributed by atoms with Crippen molar-refractivity contribution in [1.29, 1.82) is 0 Å². The van der Waals surface area contributed by atoms with Gasteiger partial charge in [0.2, 0.25) is 0 Å². The molecule has 0 spiro atoms. The maximum atomic E-state index is 12.3. The second-order valence-electron chi connectivity index (χ2n) is 5.20. The summed E-state index contributed by atoms with van der Waals surface area (Å²) in [6.45, 7) is 3.79. The standard InChI is InChI=1S/C19H21NO5/c1-4-24-17-12-14(10-11-16(17)23-3)19(22)25-13(2)18(21)20-15-8-6-5-7-9-15/h5-13H,4H2,1-3H3,(H,20,21)/t13-/m1/s1. The van der Waals surface area contributed by atoms with Gasteiger partial charge in [-0.3, -0.25) is 4.79 Å². The molecule has 0 unspecified atom stereocenters. The zero-order chi connectivity index (χ0) is 18.2. The van der Waals surface area contributed by atoms with E-state index in [4.69, 9.17) is 14.2 Å². The van der Waals surface area contributed by atoms with Gasteiger partial charge in [0.1, 0.15) is 0 Å². The van der Waals surface area contributed by atoms with Crippen LogP contribution >= 0.6 is 0 Å². The summed E-state index contributed by atoms with van der Waals surface area (Å²) in [7, 11) is 1.52. The minimum Gasteiger partial charge on any atom is -0.493 e. The number of carbonyl (C=O) groups excluding carboxylic acids is 2. The van der Waals surface area contributed by atoms with Crippen molar-refractivity contribution >= 4 is 17.6 Å². The first-order chi connectivity index (χ1) is 12.0. The zero-order valence-electron chi connectivity index (χ0n) is 14.4. The quantitative estimate of drug-likeness (QED) is 0.781. The Morgan fingerprint density at radius 3 is 2.44 bits per heavy atom. The predicted octanol–water partition coefficient (Wildman–Crippen LogP) is 3.28. The van der Waals surface area contributed by atoms with Crippen LogP contribution in [0, 0.1) is 0 Å². The van der Waals surface area contributed by atoms with Gasteiger partial charge >= 0.3 is 5.97 Å². The maximum Gasteiger partial charge on any atom is 0.339 e. The van der Waals surface area contributed by atoms with Crippen molar-refractivity contribution in [2.24, 2.45) is 0 Å². The fraction of sp³-hybridized carbons (Fsp3) is 0.263. The highest BCUT2D eigenvalue weighted by Crippen LogP contribution is 2.28. The molecule has 0 aliphatic heterocycles. The van der Waals surface area contributed by atoms with Gasteiger partial charge in [0.15, 0.2) is 17.6 Å². The highest BCUT2D eigenvalue weighted by molar-refractivity contribution is 5.97. The Bertz CT molecular complexity index is 730. The van der Waals surface area contributed by atoms with Crippen LogP contribution in [0.25, 0.3) is 0 Å². The molecule has 1 N–H and O–H groups in total. The van der Waals surface area contributed by atoms with Gasteiger partial charge in [0.05, 0.1) is 19.3 Å². The number of carbonyl (C=O) groups is 2. The fourth-order valence-corrected chi connectivity index (χ4v) is 2.12. The van der Waals surface area contributed by atoms with E-state index in [0.29, 0.717) is 23.8 Å². The molecule has 25 heavy (non-hydrogen) atoms. The lowest BCUT2D eigenvalue weighted by atomic mass is 10.2. The summed E-state index contributed by atoms with van der Waals surface area (Å²) < 4.78 is 15.8. The molecule has 0 saturated carbocycles. The van der Waals surface area contributed by atoms with Crippen LogP contribution < -0.4 is 14.8 Å². The normalized spacial score (nSPS) is 11.3. The van der Waals surface area contributed by atoms with Crippen LogP contribution in [0.5, 0.6) is 11.5 Å². The third kappa shape index (κ3) is 4.97. The van der Waals surface area contributed by atoms with E-state index >= 15 is 0 Å². The van der Waals surface area contributed by atoms with Gasteiger partial charge in [0, 0.05) is 5.69 Å². The van der Waals surface area contributed by atoms with E-state index in [0.717, 1.165) is 0 Å². The number of hydrogen-bond donors (Lipinski definition) is 1. The lowest BCUT2D eigenvalue weighted by Crippen LogP contribution is -2.30. The minimum absolute atomic E-state index is 0.281. The molecule has 0 aliphatic rings. The van der Waals surface area contributed by atoms with Crippen molar-refractivity contribution in [3.8, 4) is 11.5 Å². The van der Waals surface area contributed by atoms with Gasteiger partial charge in [-0.05, 0) is 44.2 Å². The Hall–Kier alpha value is -3.02. The molecule has 2 aromatic rings. The average molecular weight is 343 g/mol. The summed E-state index contributed by atoms with van der Waals surface area (Å²) >= 11 is 0. The summed E-state index contributed by atoms with van der Waals surface area (Å²) in [5.41, 5.74) is 0.919. The van der Waals surface area contributed by atoms with Crippen LogP contribution in [-0.4, -0.2) is 31.7 Å². The number of esters is 1. The molecule has 0 aliphatic carbocycles. The molecule has 0 aromatic heterocycles. The monoisotopic (exact) mass is 343 g/mol. The number of hydrogen-bond acceptors (Lipinski definition) is 5. The van der Waals surface area contributed by atoms with Crippen molar-refractivity contribution in [1.82, 2.24) is 0 Å². The predicted molar refractivity (Wildman–Crippen MR) is 94.1 cm³/mol. The average Bonchev–Trinajstić information content (AvgIpc) is 2.62. The molecule has 2 rings (SSSR count). The Morgan fingerprint density at radius 2 is 1.80 bits per heavy atom. The molecule has 1 amide bonds. The minimum atomic E-state index is -0.939. The molecule has 1 atom stereocenters. The van der Waals surface area contributed by atoms with E-state index in [1.54, 1.807) is 36.4 Å². The lowest BCUT2D eigenvalue weighted by molar-refractivity contribution is -0.123. The first kappa shape index (κ1) is 18.3. The molecule has 6 nitrogen and oxygen atoms in total. The molecule has 0 fully saturated rings. The molecule has 6 heteroatoms. The largest absolute Gasteiger partial charge is 0.493 e. The highest BCUT2D eigenvalue weighted by Gasteiger charge is 2.20. The van der Waals surface area contributed by atoms with Crippen LogP contribution in [-0.2, 0) is 9.53 Å². The Labute approximate surface area is 146 Å². The lowest BCUT2D eigenvalue weighted by Gasteiger charge is -2.15. The van der Waals surface area contributed by atoms with Crippen LogP contribution in [0.15, 0.2) is 48.5 Å². The number of para-hydroxylation sites is 1. The number of ether oxygens (including phenoxy) is 3. The second kappa shape index (κ2) is 8.73. The molecular weight excluding hydrogens is 322 g/mol. The number of methoxy groups -OCH3 is 1. The van der Waals surface area contributed by atoms with E-state index < -0.39 is 18.0 Å². The smallest absolute Gasteiger partial charge is 0.339 e. The fourth-order valence-electron chi connectivity index (χ4n) is 2.12. The second-order valence-corrected chi connectivity index (χ2v) is 5.20. The van der Waals surface area contributed by atoms with Crippen molar-refractivity contribution in [3.63, 3.8) is 0 Å². The zero-order valence-corrected chi connectivity index (χ0v) is 14.4. The van der Waals surface area contributed by atoms with E-state index in [-0.39, 0.29) is 5.56 Å². The van der Waals surface area contributed by atoms with Crippen LogP contribution in [0.4, 0.5) is 5.69 Å². The topological polar surface area (TPSA) is 73.9 Å². The van der Waals surface area contributed by atoms with Crippen molar-refractivity contribution in [2.45, 2.75) is 20.0 Å². The van der Waals surface area contributed by atoms with Gasteiger partial charge in [0.25, 0.3) is 5.91 Å².